The van der Waals surface area contributed by atoms with Gasteiger partial charge < -0.3 is 10.6 Å². The number of benzene rings is 4. The number of fused-ring (bicyclic) bond motifs is 2. The Balaban J connectivity index is 1.18. The molecule has 2 unspecified atom stereocenters. The van der Waals surface area contributed by atoms with Crippen molar-refractivity contribution in [3.63, 3.8) is 0 Å². The summed E-state index contributed by atoms with van der Waals surface area (Å²) in [7, 11) is 0. The van der Waals surface area contributed by atoms with E-state index in [1.165, 1.54) is 9.75 Å². The highest BCUT2D eigenvalue weighted by Gasteiger charge is 2.37. The van der Waals surface area contributed by atoms with E-state index in [0.29, 0.717) is 11.1 Å². The molecule has 2 atom stereocenters. The molecule has 232 valence electrons. The van der Waals surface area contributed by atoms with E-state index in [-0.39, 0.29) is 24.1 Å². The number of aryl methyl sites for hydroxylation is 2. The SMILES string of the molecule is CCc1ccc(C2Nc3ccc(-c4cccc(N5C(=O)c6ccccc6NC5c5ccc(C)s5)c4)cc3C(=O)N2c2ccccc2)s1. The van der Waals surface area contributed by atoms with Crippen LogP contribution >= 0.6 is 22.7 Å². The van der Waals surface area contributed by atoms with Gasteiger partial charge in [-0.1, -0.05) is 55.5 Å². The Labute approximate surface area is 281 Å². The normalized spacial score (nSPS) is 17.1. The van der Waals surface area contributed by atoms with Crippen molar-refractivity contribution in [2.45, 2.75) is 32.6 Å². The molecule has 8 rings (SSSR count). The molecule has 6 aromatic rings. The zero-order valence-electron chi connectivity index (χ0n) is 25.9. The van der Waals surface area contributed by atoms with Crippen LogP contribution in [0.2, 0.25) is 0 Å². The highest BCUT2D eigenvalue weighted by Crippen LogP contribution is 2.42. The summed E-state index contributed by atoms with van der Waals surface area (Å²) in [5, 5.41) is 7.28. The lowest BCUT2D eigenvalue weighted by Gasteiger charge is -2.38. The maximum Gasteiger partial charge on any atom is 0.262 e. The van der Waals surface area contributed by atoms with E-state index < -0.39 is 0 Å². The molecular weight excluding hydrogens is 621 g/mol. The first-order valence-electron chi connectivity index (χ1n) is 15.7. The second-order valence-corrected chi connectivity index (χ2v) is 14.3. The summed E-state index contributed by atoms with van der Waals surface area (Å²) in [4.78, 5) is 36.8. The molecular formula is C39H32N4O2S2. The van der Waals surface area contributed by atoms with Gasteiger partial charge in [0.15, 0.2) is 0 Å². The van der Waals surface area contributed by atoms with Crippen molar-refractivity contribution in [3.05, 3.63) is 152 Å². The lowest BCUT2D eigenvalue weighted by molar-refractivity contribution is 0.0967. The molecule has 4 aromatic carbocycles. The first kappa shape index (κ1) is 29.2. The number of para-hydroxylation sites is 2. The number of carbonyl (C=O) groups is 2. The van der Waals surface area contributed by atoms with Crippen LogP contribution in [0, 0.1) is 6.92 Å². The molecule has 8 heteroatoms. The van der Waals surface area contributed by atoms with E-state index in [0.717, 1.165) is 50.1 Å². The zero-order valence-corrected chi connectivity index (χ0v) is 27.6. The van der Waals surface area contributed by atoms with E-state index in [9.17, 15) is 9.59 Å². The van der Waals surface area contributed by atoms with Gasteiger partial charge >= 0.3 is 0 Å². The summed E-state index contributed by atoms with van der Waals surface area (Å²) in [5.74, 6) is -0.110. The molecule has 4 heterocycles. The van der Waals surface area contributed by atoms with Crippen LogP contribution in [0.15, 0.2) is 121 Å². The van der Waals surface area contributed by atoms with Gasteiger partial charge in [0.25, 0.3) is 11.8 Å². The molecule has 0 saturated heterocycles. The lowest BCUT2D eigenvalue weighted by atomic mass is 9.97. The summed E-state index contributed by atoms with van der Waals surface area (Å²) in [6, 6.07) is 40.0. The average molecular weight is 653 g/mol. The highest BCUT2D eigenvalue weighted by molar-refractivity contribution is 7.12. The van der Waals surface area contributed by atoms with Crippen molar-refractivity contribution >= 4 is 57.2 Å². The first-order chi connectivity index (χ1) is 23.0. The molecule has 2 aliphatic rings. The van der Waals surface area contributed by atoms with E-state index in [1.54, 1.807) is 22.7 Å². The number of carbonyl (C=O) groups excluding carboxylic acids is 2. The maximum absolute atomic E-state index is 14.4. The lowest BCUT2D eigenvalue weighted by Crippen LogP contribution is -2.43. The number of amides is 2. The third-order valence-electron chi connectivity index (χ3n) is 8.77. The van der Waals surface area contributed by atoms with Crippen LogP contribution in [0.5, 0.6) is 0 Å². The fraction of sp³-hybridized carbons (Fsp3) is 0.128. The Morgan fingerprint density at radius 1 is 0.596 bits per heavy atom. The smallest absolute Gasteiger partial charge is 0.262 e. The van der Waals surface area contributed by atoms with Gasteiger partial charge in [0.2, 0.25) is 0 Å². The monoisotopic (exact) mass is 652 g/mol. The molecule has 0 radical (unpaired) electrons. The average Bonchev–Trinajstić information content (AvgIpc) is 3.78. The van der Waals surface area contributed by atoms with Gasteiger partial charge in [-0.2, -0.15) is 0 Å². The van der Waals surface area contributed by atoms with Gasteiger partial charge in [-0.25, -0.2) is 0 Å². The number of thiophene rings is 2. The minimum absolute atomic E-state index is 0.0540. The second-order valence-electron chi connectivity index (χ2n) is 11.7. The number of hydrogen-bond acceptors (Lipinski definition) is 6. The van der Waals surface area contributed by atoms with Crippen LogP contribution in [-0.4, -0.2) is 11.8 Å². The summed E-state index contributed by atoms with van der Waals surface area (Å²) in [6.45, 7) is 4.23. The van der Waals surface area contributed by atoms with Gasteiger partial charge in [0, 0.05) is 42.3 Å². The number of hydrogen-bond donors (Lipinski definition) is 2. The molecule has 0 bridgehead atoms. The molecule has 2 N–H and O–H groups in total. The quantitative estimate of drug-likeness (QED) is 0.188. The number of anilines is 4. The molecule has 6 nitrogen and oxygen atoms in total. The topological polar surface area (TPSA) is 64.7 Å². The van der Waals surface area contributed by atoms with E-state index >= 15 is 0 Å². The molecule has 2 aliphatic heterocycles. The van der Waals surface area contributed by atoms with Gasteiger partial charge in [0.1, 0.15) is 12.3 Å². The number of nitrogens with zero attached hydrogens (tertiary/aromatic N) is 2. The fourth-order valence-electron chi connectivity index (χ4n) is 6.42. The third-order valence-corrected chi connectivity index (χ3v) is 11.1. The molecule has 2 aromatic heterocycles. The summed E-state index contributed by atoms with van der Waals surface area (Å²) < 4.78 is 0. The Bertz CT molecular complexity index is 2140. The Morgan fingerprint density at radius 2 is 1.23 bits per heavy atom. The predicted molar refractivity (Wildman–Crippen MR) is 194 cm³/mol. The first-order valence-corrected chi connectivity index (χ1v) is 17.4. The van der Waals surface area contributed by atoms with E-state index in [2.05, 4.69) is 48.7 Å². The van der Waals surface area contributed by atoms with Crippen molar-refractivity contribution in [1.29, 1.82) is 0 Å². The summed E-state index contributed by atoms with van der Waals surface area (Å²) in [6.07, 6.45) is 0.298. The van der Waals surface area contributed by atoms with Crippen molar-refractivity contribution in [3.8, 4) is 11.1 Å². The maximum atomic E-state index is 14.4. The van der Waals surface area contributed by atoms with Gasteiger partial charge in [-0.15, -0.1) is 22.7 Å². The van der Waals surface area contributed by atoms with Crippen molar-refractivity contribution in [1.82, 2.24) is 0 Å². The molecule has 2 amide bonds. The Hall–Kier alpha value is -5.18. The van der Waals surface area contributed by atoms with Gasteiger partial charge in [-0.3, -0.25) is 19.4 Å². The van der Waals surface area contributed by atoms with Crippen LogP contribution in [0.3, 0.4) is 0 Å². The van der Waals surface area contributed by atoms with Crippen molar-refractivity contribution < 1.29 is 9.59 Å². The Morgan fingerprint density at radius 3 is 1.98 bits per heavy atom. The van der Waals surface area contributed by atoms with Crippen LogP contribution in [0.4, 0.5) is 22.7 Å². The van der Waals surface area contributed by atoms with E-state index in [1.807, 2.05) is 107 Å². The largest absolute Gasteiger partial charge is 0.360 e. The summed E-state index contributed by atoms with van der Waals surface area (Å²) >= 11 is 3.41. The molecule has 0 aliphatic carbocycles. The standard InChI is InChI=1S/C39H32N4O2S2/c1-3-29-18-21-35(47-29)37-41-33-19-17-26(23-31(33)39(45)42(37)27-11-5-4-6-12-27)25-10-9-13-28(22-25)43-36(34-20-16-24(2)46-34)40-32-15-8-7-14-30(32)38(43)44/h4-23,36-37,40-41H,3H2,1-2H3. The van der Waals surface area contributed by atoms with Crippen LogP contribution in [0.25, 0.3) is 11.1 Å². The molecule has 47 heavy (non-hydrogen) atoms. The molecule has 0 saturated carbocycles. The zero-order chi connectivity index (χ0) is 32.1. The van der Waals surface area contributed by atoms with Crippen molar-refractivity contribution in [2.75, 3.05) is 20.4 Å². The summed E-state index contributed by atoms with van der Waals surface area (Å²) in [5.41, 5.74) is 6.32. The minimum atomic E-state index is -0.345. The molecule has 0 spiro atoms. The number of rotatable bonds is 6. The van der Waals surface area contributed by atoms with Crippen LogP contribution < -0.4 is 20.4 Å². The number of nitrogens with one attached hydrogen (secondary N) is 2. The van der Waals surface area contributed by atoms with Crippen molar-refractivity contribution in [2.24, 2.45) is 0 Å². The van der Waals surface area contributed by atoms with Gasteiger partial charge in [0.05, 0.1) is 11.1 Å². The van der Waals surface area contributed by atoms with Gasteiger partial charge in [-0.05, 0) is 97.3 Å². The fourth-order valence-corrected chi connectivity index (χ4v) is 8.34. The minimum Gasteiger partial charge on any atom is -0.360 e. The highest BCUT2D eigenvalue weighted by atomic mass is 32.1. The van der Waals surface area contributed by atoms with Crippen LogP contribution in [0.1, 0.15) is 59.5 Å². The second kappa shape index (κ2) is 11.9. The third kappa shape index (κ3) is 5.19. The van der Waals surface area contributed by atoms with Crippen LogP contribution in [-0.2, 0) is 6.42 Å². The predicted octanol–water partition coefficient (Wildman–Crippen LogP) is 9.89. The van der Waals surface area contributed by atoms with E-state index in [4.69, 9.17) is 0 Å². The Kier molecular flexibility index (Phi) is 7.39. The molecule has 0 fully saturated rings.